The molecule has 104 valence electrons. The van der Waals surface area contributed by atoms with Gasteiger partial charge in [0.05, 0.1) is 6.04 Å². The Kier molecular flexibility index (Phi) is 6.51. The monoisotopic (exact) mass is 316 g/mol. The van der Waals surface area contributed by atoms with Crippen LogP contribution in [-0.2, 0) is 4.79 Å². The Morgan fingerprint density at radius 2 is 1.79 bits per heavy atom. The number of nitrogens with two attached hydrogens (primary N) is 1. The molecule has 0 aliphatic carbocycles. The molecule has 1 unspecified atom stereocenters. The van der Waals surface area contributed by atoms with Gasteiger partial charge in [0.15, 0.2) is 0 Å². The molecule has 0 saturated carbocycles. The maximum Gasteiger partial charge on any atom is 0.222 e. The molecule has 19 heavy (non-hydrogen) atoms. The van der Waals surface area contributed by atoms with Crippen molar-refractivity contribution < 1.29 is 4.79 Å². The number of carbonyl (C=O) groups is 1. The molecule has 2 heterocycles. The van der Waals surface area contributed by atoms with Crippen molar-refractivity contribution in [2.45, 2.75) is 25.4 Å². The Hall–Kier alpha value is -0.880. The van der Waals surface area contributed by atoms with Crippen LogP contribution in [0.4, 0.5) is 0 Å². The van der Waals surface area contributed by atoms with Crippen molar-refractivity contribution in [1.82, 2.24) is 5.32 Å². The molecule has 0 radical (unpaired) electrons. The van der Waals surface area contributed by atoms with E-state index in [9.17, 15) is 4.79 Å². The lowest BCUT2D eigenvalue weighted by Crippen LogP contribution is -2.32. The number of amides is 1. The second-order valence-corrected chi connectivity index (χ2v) is 6.17. The number of rotatable bonds is 5. The van der Waals surface area contributed by atoms with Crippen LogP contribution in [0.2, 0.25) is 0 Å². The van der Waals surface area contributed by atoms with Gasteiger partial charge in [0, 0.05) is 22.2 Å². The summed E-state index contributed by atoms with van der Waals surface area (Å²) < 4.78 is 0. The Bertz CT molecular complexity index is 448. The van der Waals surface area contributed by atoms with Crippen molar-refractivity contribution >= 4 is 41.0 Å². The predicted molar refractivity (Wildman–Crippen MR) is 84.1 cm³/mol. The van der Waals surface area contributed by atoms with Crippen LogP contribution in [0.1, 0.15) is 29.1 Å². The summed E-state index contributed by atoms with van der Waals surface area (Å²) in [6, 6.07) is 7.92. The lowest BCUT2D eigenvalue weighted by atomic mass is 10.1. The van der Waals surface area contributed by atoms with Crippen molar-refractivity contribution in [1.29, 1.82) is 0 Å². The van der Waals surface area contributed by atoms with Crippen molar-refractivity contribution in [2.24, 2.45) is 5.73 Å². The minimum absolute atomic E-state index is 0. The van der Waals surface area contributed by atoms with Crippen LogP contribution < -0.4 is 11.1 Å². The van der Waals surface area contributed by atoms with E-state index >= 15 is 0 Å². The standard InChI is InChI=1S/C13H16N2OS2.ClH/c1-9(14)8-12(16)15-13(10-4-2-6-17-10)11-5-3-7-18-11;/h2-7,9,13H,8,14H2,1H3,(H,15,16);1H. The fourth-order valence-electron chi connectivity index (χ4n) is 1.71. The van der Waals surface area contributed by atoms with E-state index in [0.29, 0.717) is 6.42 Å². The van der Waals surface area contributed by atoms with Gasteiger partial charge in [-0.1, -0.05) is 12.1 Å². The summed E-state index contributed by atoms with van der Waals surface area (Å²) in [5.41, 5.74) is 5.65. The number of nitrogens with one attached hydrogen (secondary N) is 1. The molecular formula is C13H17ClN2OS2. The molecule has 0 fully saturated rings. The van der Waals surface area contributed by atoms with Gasteiger partial charge in [0.2, 0.25) is 5.91 Å². The summed E-state index contributed by atoms with van der Waals surface area (Å²) in [5, 5.41) is 7.10. The van der Waals surface area contributed by atoms with E-state index in [2.05, 4.69) is 5.32 Å². The molecular weight excluding hydrogens is 300 g/mol. The van der Waals surface area contributed by atoms with Crippen molar-refractivity contribution in [3.05, 3.63) is 44.8 Å². The third kappa shape index (κ3) is 4.62. The van der Waals surface area contributed by atoms with E-state index in [1.54, 1.807) is 22.7 Å². The SMILES string of the molecule is CC(N)CC(=O)NC(c1cccs1)c1cccs1.Cl. The Morgan fingerprint density at radius 3 is 2.16 bits per heavy atom. The molecule has 3 N–H and O–H groups in total. The number of hydrogen-bond donors (Lipinski definition) is 2. The average Bonchev–Trinajstić information content (AvgIpc) is 2.98. The number of carbonyl (C=O) groups excluding carboxylic acids is 1. The lowest BCUT2D eigenvalue weighted by Gasteiger charge is -2.17. The Labute approximate surface area is 127 Å². The first-order chi connectivity index (χ1) is 8.66. The molecule has 0 spiro atoms. The van der Waals surface area contributed by atoms with Crippen LogP contribution >= 0.6 is 35.1 Å². The highest BCUT2D eigenvalue weighted by atomic mass is 35.5. The Balaban J connectivity index is 0.00000180. The molecule has 0 aliphatic rings. The zero-order valence-electron chi connectivity index (χ0n) is 10.5. The van der Waals surface area contributed by atoms with Gasteiger partial charge in [-0.3, -0.25) is 4.79 Å². The van der Waals surface area contributed by atoms with Gasteiger partial charge in [-0.15, -0.1) is 35.1 Å². The molecule has 2 aromatic rings. The minimum Gasteiger partial charge on any atom is -0.343 e. The van der Waals surface area contributed by atoms with Crippen molar-refractivity contribution in [3.63, 3.8) is 0 Å². The van der Waals surface area contributed by atoms with Crippen LogP contribution in [0.5, 0.6) is 0 Å². The van der Waals surface area contributed by atoms with E-state index in [0.717, 1.165) is 9.75 Å². The maximum absolute atomic E-state index is 11.9. The minimum atomic E-state index is -0.114. The van der Waals surface area contributed by atoms with Crippen LogP contribution in [0.15, 0.2) is 35.0 Å². The van der Waals surface area contributed by atoms with Gasteiger partial charge in [-0.05, 0) is 29.8 Å². The van der Waals surface area contributed by atoms with Crippen LogP contribution in [0, 0.1) is 0 Å². The lowest BCUT2D eigenvalue weighted by molar-refractivity contribution is -0.121. The summed E-state index contributed by atoms with van der Waals surface area (Å²) in [6.07, 6.45) is 0.354. The van der Waals surface area contributed by atoms with Gasteiger partial charge in [-0.2, -0.15) is 0 Å². The van der Waals surface area contributed by atoms with E-state index < -0.39 is 0 Å². The third-order valence-corrected chi connectivity index (χ3v) is 4.34. The van der Waals surface area contributed by atoms with Gasteiger partial charge in [0.1, 0.15) is 0 Å². The predicted octanol–water partition coefficient (Wildman–Crippen LogP) is 3.17. The Morgan fingerprint density at radius 1 is 1.26 bits per heavy atom. The van der Waals surface area contributed by atoms with Crippen molar-refractivity contribution in [3.8, 4) is 0 Å². The second-order valence-electron chi connectivity index (χ2n) is 4.21. The molecule has 1 amide bonds. The molecule has 2 rings (SSSR count). The van der Waals surface area contributed by atoms with E-state index in [1.165, 1.54) is 0 Å². The third-order valence-electron chi connectivity index (χ3n) is 2.47. The quantitative estimate of drug-likeness (QED) is 0.890. The highest BCUT2D eigenvalue weighted by Crippen LogP contribution is 2.29. The highest BCUT2D eigenvalue weighted by Gasteiger charge is 2.19. The van der Waals surface area contributed by atoms with Gasteiger partial charge >= 0.3 is 0 Å². The first kappa shape index (κ1) is 16.2. The van der Waals surface area contributed by atoms with Crippen LogP contribution in [0.25, 0.3) is 0 Å². The fraction of sp³-hybridized carbons (Fsp3) is 0.308. The first-order valence-corrected chi connectivity index (χ1v) is 7.54. The van der Waals surface area contributed by atoms with Crippen LogP contribution in [0.3, 0.4) is 0 Å². The van der Waals surface area contributed by atoms with Crippen LogP contribution in [-0.4, -0.2) is 11.9 Å². The molecule has 0 bridgehead atoms. The average molecular weight is 317 g/mol. The van der Waals surface area contributed by atoms with E-state index in [-0.39, 0.29) is 30.4 Å². The van der Waals surface area contributed by atoms with Gasteiger partial charge < -0.3 is 11.1 Å². The topological polar surface area (TPSA) is 55.1 Å². The summed E-state index contributed by atoms with van der Waals surface area (Å²) in [6.45, 7) is 1.84. The number of hydrogen-bond acceptors (Lipinski definition) is 4. The number of thiophene rings is 2. The summed E-state index contributed by atoms with van der Waals surface area (Å²) in [4.78, 5) is 14.2. The first-order valence-electron chi connectivity index (χ1n) is 5.78. The highest BCUT2D eigenvalue weighted by molar-refractivity contribution is 7.11. The molecule has 6 heteroatoms. The largest absolute Gasteiger partial charge is 0.343 e. The zero-order chi connectivity index (χ0) is 13.0. The molecule has 0 saturated heterocycles. The smallest absolute Gasteiger partial charge is 0.222 e. The van der Waals surface area contributed by atoms with Crippen molar-refractivity contribution in [2.75, 3.05) is 0 Å². The van der Waals surface area contributed by atoms with E-state index in [1.807, 2.05) is 41.9 Å². The summed E-state index contributed by atoms with van der Waals surface area (Å²) in [7, 11) is 0. The maximum atomic E-state index is 11.9. The van der Waals surface area contributed by atoms with E-state index in [4.69, 9.17) is 5.73 Å². The molecule has 0 aromatic carbocycles. The zero-order valence-corrected chi connectivity index (χ0v) is 13.0. The molecule has 0 aliphatic heterocycles. The number of halogens is 1. The normalized spacial score (nSPS) is 11.9. The van der Waals surface area contributed by atoms with Gasteiger partial charge in [0.25, 0.3) is 0 Å². The summed E-state index contributed by atoms with van der Waals surface area (Å²) in [5.74, 6) is -0.00296. The molecule has 2 aromatic heterocycles. The molecule has 1 atom stereocenters. The van der Waals surface area contributed by atoms with Gasteiger partial charge in [-0.25, -0.2) is 0 Å². The fourth-order valence-corrected chi connectivity index (χ4v) is 3.37. The summed E-state index contributed by atoms with van der Waals surface area (Å²) >= 11 is 3.30. The molecule has 3 nitrogen and oxygen atoms in total. The second kappa shape index (κ2) is 7.65.